The van der Waals surface area contributed by atoms with Gasteiger partial charge in [0.1, 0.15) is 5.75 Å². The minimum atomic E-state index is -0.344. The number of hydrogen-bond donors (Lipinski definition) is 2. The number of carbonyl (C=O) groups excluding carboxylic acids is 2. The van der Waals surface area contributed by atoms with Crippen LogP contribution < -0.4 is 24.8 Å². The second kappa shape index (κ2) is 11.4. The molecule has 0 heterocycles. The van der Waals surface area contributed by atoms with Gasteiger partial charge in [0.15, 0.2) is 18.1 Å². The maximum Gasteiger partial charge on any atom is 0.262 e. The molecular formula is C24H22Cl2N2O5. The lowest BCUT2D eigenvalue weighted by Crippen LogP contribution is -2.23. The predicted molar refractivity (Wildman–Crippen MR) is 128 cm³/mol. The first-order valence-corrected chi connectivity index (χ1v) is 10.6. The number of anilines is 1. The van der Waals surface area contributed by atoms with Crippen LogP contribution in [-0.2, 0) is 11.3 Å². The molecule has 0 saturated heterocycles. The third-order valence-corrected chi connectivity index (χ3v) is 5.20. The fraction of sp³-hybridized carbons (Fsp3) is 0.167. The molecule has 0 unspecified atom stereocenters. The van der Waals surface area contributed by atoms with Gasteiger partial charge in [-0.05, 0) is 60.2 Å². The molecule has 172 valence electrons. The van der Waals surface area contributed by atoms with Gasteiger partial charge in [0.2, 0.25) is 0 Å². The second-order valence-electron chi connectivity index (χ2n) is 6.85. The summed E-state index contributed by atoms with van der Waals surface area (Å²) in [6.45, 7) is 0.00390. The molecule has 0 fully saturated rings. The third-order valence-electron chi connectivity index (χ3n) is 4.61. The molecule has 0 bridgehead atoms. The van der Waals surface area contributed by atoms with E-state index >= 15 is 0 Å². The molecule has 0 aliphatic rings. The Morgan fingerprint density at radius 1 is 0.879 bits per heavy atom. The van der Waals surface area contributed by atoms with Crippen molar-refractivity contribution in [3.05, 3.63) is 81.8 Å². The number of halogens is 2. The summed E-state index contributed by atoms with van der Waals surface area (Å²) in [6.07, 6.45) is 0. The number of methoxy groups -OCH3 is 2. The Balaban J connectivity index is 1.57. The van der Waals surface area contributed by atoms with Gasteiger partial charge in [0.05, 0.1) is 14.2 Å². The topological polar surface area (TPSA) is 85.9 Å². The van der Waals surface area contributed by atoms with Gasteiger partial charge in [-0.25, -0.2) is 0 Å². The monoisotopic (exact) mass is 488 g/mol. The summed E-state index contributed by atoms with van der Waals surface area (Å²) in [5.74, 6) is 0.686. The molecule has 0 aliphatic heterocycles. The molecule has 2 amide bonds. The van der Waals surface area contributed by atoms with Gasteiger partial charge in [-0.3, -0.25) is 9.59 Å². The van der Waals surface area contributed by atoms with Gasteiger partial charge in [0.25, 0.3) is 11.8 Å². The Labute approximate surface area is 201 Å². The highest BCUT2D eigenvalue weighted by Crippen LogP contribution is 2.28. The fourth-order valence-electron chi connectivity index (χ4n) is 2.89. The van der Waals surface area contributed by atoms with Crippen molar-refractivity contribution in [2.75, 3.05) is 26.1 Å². The van der Waals surface area contributed by atoms with Crippen LogP contribution in [0.5, 0.6) is 17.2 Å². The lowest BCUT2D eigenvalue weighted by Gasteiger charge is -2.13. The number of amides is 2. The van der Waals surface area contributed by atoms with E-state index in [2.05, 4.69) is 10.6 Å². The molecule has 33 heavy (non-hydrogen) atoms. The first-order valence-electron chi connectivity index (χ1n) is 9.86. The van der Waals surface area contributed by atoms with E-state index in [1.54, 1.807) is 61.7 Å². The Hall–Kier alpha value is -3.42. The van der Waals surface area contributed by atoms with Crippen LogP contribution >= 0.6 is 23.2 Å². The molecule has 0 spiro atoms. The van der Waals surface area contributed by atoms with Crippen molar-refractivity contribution in [3.63, 3.8) is 0 Å². The zero-order chi connectivity index (χ0) is 23.8. The van der Waals surface area contributed by atoms with Crippen LogP contribution in [0, 0.1) is 0 Å². The lowest BCUT2D eigenvalue weighted by molar-refractivity contribution is -0.118. The van der Waals surface area contributed by atoms with Crippen molar-refractivity contribution in [3.8, 4) is 17.2 Å². The van der Waals surface area contributed by atoms with Crippen molar-refractivity contribution in [1.82, 2.24) is 5.32 Å². The molecule has 7 nitrogen and oxygen atoms in total. The Morgan fingerprint density at radius 2 is 1.64 bits per heavy atom. The minimum Gasteiger partial charge on any atom is -0.497 e. The van der Waals surface area contributed by atoms with Crippen LogP contribution in [0.4, 0.5) is 5.69 Å². The smallest absolute Gasteiger partial charge is 0.262 e. The van der Waals surface area contributed by atoms with Gasteiger partial charge in [0, 0.05) is 27.8 Å². The number of carbonyl (C=O) groups is 2. The molecule has 2 N–H and O–H groups in total. The van der Waals surface area contributed by atoms with Crippen LogP contribution in [0.2, 0.25) is 10.0 Å². The maximum atomic E-state index is 12.5. The summed E-state index contributed by atoms with van der Waals surface area (Å²) in [5.41, 5.74) is 1.72. The molecule has 3 aromatic rings. The molecule has 0 atom stereocenters. The average molecular weight is 489 g/mol. The number of nitrogens with one attached hydrogen (secondary N) is 2. The van der Waals surface area contributed by atoms with Crippen LogP contribution in [0.25, 0.3) is 0 Å². The van der Waals surface area contributed by atoms with Crippen molar-refractivity contribution in [2.24, 2.45) is 0 Å². The Kier molecular flexibility index (Phi) is 8.40. The average Bonchev–Trinajstić information content (AvgIpc) is 2.82. The Morgan fingerprint density at radius 3 is 2.30 bits per heavy atom. The van der Waals surface area contributed by atoms with Crippen molar-refractivity contribution >= 4 is 40.7 Å². The fourth-order valence-corrected chi connectivity index (χ4v) is 3.36. The van der Waals surface area contributed by atoms with E-state index < -0.39 is 0 Å². The summed E-state index contributed by atoms with van der Waals surface area (Å²) >= 11 is 12.0. The lowest BCUT2D eigenvalue weighted by atomic mass is 10.1. The zero-order valence-corrected chi connectivity index (χ0v) is 19.5. The van der Waals surface area contributed by atoms with Crippen LogP contribution in [0.15, 0.2) is 60.7 Å². The van der Waals surface area contributed by atoms with Crippen molar-refractivity contribution in [2.45, 2.75) is 6.54 Å². The largest absolute Gasteiger partial charge is 0.497 e. The van der Waals surface area contributed by atoms with Crippen LogP contribution in [-0.4, -0.2) is 32.6 Å². The summed E-state index contributed by atoms with van der Waals surface area (Å²) in [5, 5.41) is 6.51. The van der Waals surface area contributed by atoms with Gasteiger partial charge in [-0.1, -0.05) is 29.3 Å². The SMILES string of the molecule is COc1ccc(NC(=O)COc2ccc(C(=O)NCc3ccc(Cl)cc3Cl)cc2OC)cc1. The Bertz CT molecular complexity index is 1140. The summed E-state index contributed by atoms with van der Waals surface area (Å²) in [6, 6.07) is 16.7. The van der Waals surface area contributed by atoms with Crippen molar-refractivity contribution < 1.29 is 23.8 Å². The van der Waals surface area contributed by atoms with E-state index in [9.17, 15) is 9.59 Å². The molecule has 3 rings (SSSR count). The highest BCUT2D eigenvalue weighted by atomic mass is 35.5. The first-order chi connectivity index (χ1) is 15.9. The quantitative estimate of drug-likeness (QED) is 0.444. The second-order valence-corrected chi connectivity index (χ2v) is 7.69. The molecule has 3 aromatic carbocycles. The standard InChI is InChI=1S/C24H22Cl2N2O5/c1-31-19-8-6-18(7-9-19)28-23(29)14-33-21-10-4-15(11-22(21)32-2)24(30)27-13-16-3-5-17(25)12-20(16)26/h3-12H,13-14H2,1-2H3,(H,27,30)(H,28,29). The van der Waals surface area contributed by atoms with Gasteiger partial charge in [-0.15, -0.1) is 0 Å². The number of ether oxygens (including phenoxy) is 3. The molecule has 0 aromatic heterocycles. The van der Waals surface area contributed by atoms with Crippen molar-refractivity contribution in [1.29, 1.82) is 0 Å². The molecular weight excluding hydrogens is 467 g/mol. The molecule has 0 saturated carbocycles. The molecule has 0 radical (unpaired) electrons. The van der Waals surface area contributed by atoms with E-state index in [0.717, 1.165) is 5.56 Å². The molecule has 0 aliphatic carbocycles. The van der Waals surface area contributed by atoms with Crippen LogP contribution in [0.3, 0.4) is 0 Å². The van der Waals surface area contributed by atoms with E-state index in [1.165, 1.54) is 13.2 Å². The first kappa shape index (κ1) is 24.2. The number of rotatable bonds is 9. The summed E-state index contributed by atoms with van der Waals surface area (Å²) < 4.78 is 16.0. The van der Waals surface area contributed by atoms with E-state index in [4.69, 9.17) is 37.4 Å². The van der Waals surface area contributed by atoms with Gasteiger partial charge >= 0.3 is 0 Å². The zero-order valence-electron chi connectivity index (χ0n) is 18.0. The summed E-state index contributed by atoms with van der Waals surface area (Å²) in [4.78, 5) is 24.7. The molecule has 9 heteroatoms. The summed E-state index contributed by atoms with van der Waals surface area (Å²) in [7, 11) is 3.02. The van der Waals surface area contributed by atoms with Crippen LogP contribution in [0.1, 0.15) is 15.9 Å². The normalized spacial score (nSPS) is 10.3. The number of benzene rings is 3. The number of hydrogen-bond acceptors (Lipinski definition) is 5. The van der Waals surface area contributed by atoms with E-state index in [0.29, 0.717) is 38.5 Å². The van der Waals surface area contributed by atoms with E-state index in [1.807, 2.05) is 0 Å². The van der Waals surface area contributed by atoms with Gasteiger partial charge in [-0.2, -0.15) is 0 Å². The highest BCUT2D eigenvalue weighted by Gasteiger charge is 2.13. The minimum absolute atomic E-state index is 0.233. The third kappa shape index (κ3) is 6.78. The van der Waals surface area contributed by atoms with E-state index in [-0.39, 0.29) is 25.0 Å². The van der Waals surface area contributed by atoms with Gasteiger partial charge < -0.3 is 24.8 Å². The predicted octanol–water partition coefficient (Wildman–Crippen LogP) is 4.96. The highest BCUT2D eigenvalue weighted by molar-refractivity contribution is 6.35. The maximum absolute atomic E-state index is 12.5.